The molecule has 0 saturated carbocycles. The van der Waals surface area contributed by atoms with E-state index in [1.54, 1.807) is 45.9 Å². The van der Waals surface area contributed by atoms with Gasteiger partial charge in [-0.05, 0) is 63.4 Å². The van der Waals surface area contributed by atoms with Gasteiger partial charge in [0.1, 0.15) is 17.7 Å². The number of hydrazine groups is 2. The SMILES string of the molecule is C[C@H](N[C@@H](Cc1ccc(-c2cc(Cl)ccc2Cl)cc1)C(=O)O)C(=O)OC(C)(C)C.NC1=NNNN1. The third-order valence-electron chi connectivity index (χ3n) is 4.57. The van der Waals surface area contributed by atoms with E-state index in [2.05, 4.69) is 26.9 Å². The standard InChI is InChI=1S/C22H25Cl2NO4.CH5N5/c1-13(21(28)29-22(2,3)4)25-19(20(26)27)11-14-5-7-15(8-6-14)17-12-16(23)9-10-18(17)24;2-1-3-5-6-4-1/h5-10,12-13,19,25H,11H2,1-4H3,(H,26,27);5-6H,(H3,2,3,4)/t13-,19-;/m0./s1. The van der Waals surface area contributed by atoms with Crippen molar-refractivity contribution in [2.45, 2.75) is 51.8 Å². The maximum Gasteiger partial charge on any atom is 0.323 e. The lowest BCUT2D eigenvalue weighted by atomic mass is 10.00. The number of hydrazone groups is 1. The zero-order chi connectivity index (χ0) is 26.2. The third kappa shape index (κ3) is 9.61. The average Bonchev–Trinajstić information content (AvgIpc) is 3.25. The molecule has 1 aliphatic heterocycles. The fourth-order valence-corrected chi connectivity index (χ4v) is 3.36. The Labute approximate surface area is 214 Å². The number of halogens is 2. The molecule has 0 aliphatic carbocycles. The summed E-state index contributed by atoms with van der Waals surface area (Å²) in [5.41, 5.74) is 14.2. The van der Waals surface area contributed by atoms with Crippen LogP contribution in [0.2, 0.25) is 10.0 Å². The number of benzene rings is 2. The first kappa shape index (κ1) is 28.2. The van der Waals surface area contributed by atoms with Crippen molar-refractivity contribution >= 4 is 41.1 Å². The van der Waals surface area contributed by atoms with Gasteiger partial charge in [0.25, 0.3) is 0 Å². The molecular formula is C23H30Cl2N6O4. The van der Waals surface area contributed by atoms with Crippen LogP contribution in [0, 0.1) is 0 Å². The third-order valence-corrected chi connectivity index (χ3v) is 5.13. The zero-order valence-corrected chi connectivity index (χ0v) is 21.4. The molecule has 0 aromatic heterocycles. The Morgan fingerprint density at radius 3 is 2.31 bits per heavy atom. The highest BCUT2D eigenvalue weighted by molar-refractivity contribution is 6.35. The molecular weight excluding hydrogens is 495 g/mol. The molecule has 35 heavy (non-hydrogen) atoms. The van der Waals surface area contributed by atoms with Gasteiger partial charge in [-0.25, -0.2) is 5.53 Å². The van der Waals surface area contributed by atoms with Crippen molar-refractivity contribution in [3.8, 4) is 11.1 Å². The number of carboxylic acids is 1. The highest BCUT2D eigenvalue weighted by atomic mass is 35.5. The zero-order valence-electron chi connectivity index (χ0n) is 19.9. The summed E-state index contributed by atoms with van der Waals surface area (Å²) in [4.78, 5) is 23.8. The number of carbonyl (C=O) groups is 2. The average molecular weight is 525 g/mol. The van der Waals surface area contributed by atoms with Crippen molar-refractivity contribution in [1.82, 2.24) is 21.8 Å². The summed E-state index contributed by atoms with van der Waals surface area (Å²) in [5.74, 6) is -1.17. The fraction of sp³-hybridized carbons (Fsp3) is 0.348. The first-order valence-electron chi connectivity index (χ1n) is 10.7. The second-order valence-electron chi connectivity index (χ2n) is 8.70. The summed E-state index contributed by atoms with van der Waals surface area (Å²) >= 11 is 12.3. The summed E-state index contributed by atoms with van der Waals surface area (Å²) in [6.07, 6.45) is 0.214. The molecule has 2 aromatic rings. The second-order valence-corrected chi connectivity index (χ2v) is 9.54. The van der Waals surface area contributed by atoms with E-state index < -0.39 is 29.6 Å². The summed E-state index contributed by atoms with van der Waals surface area (Å²) in [5, 5.41) is 17.0. The molecule has 190 valence electrons. The van der Waals surface area contributed by atoms with Crippen molar-refractivity contribution in [3.63, 3.8) is 0 Å². The van der Waals surface area contributed by atoms with Crippen LogP contribution in [0.25, 0.3) is 11.1 Å². The fourth-order valence-electron chi connectivity index (χ4n) is 2.96. The lowest BCUT2D eigenvalue weighted by Crippen LogP contribution is -2.48. The molecule has 12 heteroatoms. The van der Waals surface area contributed by atoms with E-state index in [9.17, 15) is 14.7 Å². The number of hydrogen-bond acceptors (Lipinski definition) is 9. The Hall–Kier alpha value is -3.05. The Morgan fingerprint density at radius 1 is 1.17 bits per heavy atom. The van der Waals surface area contributed by atoms with Crippen LogP contribution in [0.1, 0.15) is 33.3 Å². The van der Waals surface area contributed by atoms with E-state index in [0.717, 1.165) is 16.7 Å². The molecule has 0 saturated heterocycles. The van der Waals surface area contributed by atoms with Crippen molar-refractivity contribution in [2.24, 2.45) is 10.8 Å². The monoisotopic (exact) mass is 524 g/mol. The molecule has 0 unspecified atom stereocenters. The highest BCUT2D eigenvalue weighted by Crippen LogP contribution is 2.30. The lowest BCUT2D eigenvalue weighted by Gasteiger charge is -2.24. The van der Waals surface area contributed by atoms with E-state index in [1.807, 2.05) is 24.3 Å². The number of carboxylic acid groups (broad SMARTS) is 1. The molecule has 0 radical (unpaired) electrons. The van der Waals surface area contributed by atoms with Crippen LogP contribution in [0.15, 0.2) is 47.6 Å². The Morgan fingerprint density at radius 2 is 1.83 bits per heavy atom. The van der Waals surface area contributed by atoms with Gasteiger partial charge in [-0.15, -0.1) is 10.6 Å². The van der Waals surface area contributed by atoms with Gasteiger partial charge >= 0.3 is 11.9 Å². The summed E-state index contributed by atoms with van der Waals surface area (Å²) in [6, 6.07) is 10.9. The minimum absolute atomic E-state index is 0.214. The van der Waals surface area contributed by atoms with Gasteiger partial charge in [0.05, 0.1) is 0 Å². The number of esters is 1. The van der Waals surface area contributed by atoms with Gasteiger partial charge < -0.3 is 15.6 Å². The topological polar surface area (TPSA) is 150 Å². The van der Waals surface area contributed by atoms with Gasteiger partial charge in [-0.2, -0.15) is 0 Å². The van der Waals surface area contributed by atoms with Crippen LogP contribution >= 0.6 is 23.2 Å². The molecule has 1 aliphatic rings. The summed E-state index contributed by atoms with van der Waals surface area (Å²) in [7, 11) is 0. The maximum atomic E-state index is 12.1. The first-order chi connectivity index (χ1) is 16.4. The van der Waals surface area contributed by atoms with Crippen molar-refractivity contribution in [3.05, 3.63) is 58.1 Å². The van der Waals surface area contributed by atoms with Gasteiger partial charge in [0.2, 0.25) is 5.96 Å². The van der Waals surface area contributed by atoms with Crippen LogP contribution in [-0.2, 0) is 20.7 Å². The summed E-state index contributed by atoms with van der Waals surface area (Å²) < 4.78 is 5.30. The van der Waals surface area contributed by atoms with E-state index in [0.29, 0.717) is 16.0 Å². The van der Waals surface area contributed by atoms with Gasteiger partial charge in [-0.1, -0.05) is 47.5 Å². The Bertz CT molecular complexity index is 1060. The molecule has 0 spiro atoms. The lowest BCUT2D eigenvalue weighted by molar-refractivity contribution is -0.157. The molecule has 0 bridgehead atoms. The van der Waals surface area contributed by atoms with Gasteiger partial charge in [0.15, 0.2) is 0 Å². The summed E-state index contributed by atoms with van der Waals surface area (Å²) in [6.45, 7) is 6.88. The largest absolute Gasteiger partial charge is 0.480 e. The normalized spacial score (nSPS) is 14.4. The van der Waals surface area contributed by atoms with Crippen LogP contribution < -0.4 is 27.5 Å². The van der Waals surface area contributed by atoms with Crippen molar-refractivity contribution in [2.75, 3.05) is 0 Å². The number of nitrogens with one attached hydrogen (secondary N) is 4. The number of guanidine groups is 1. The molecule has 2 atom stereocenters. The number of ether oxygens (including phenoxy) is 1. The van der Waals surface area contributed by atoms with Gasteiger partial charge in [-0.3, -0.25) is 20.3 Å². The molecule has 1 heterocycles. The number of rotatable bonds is 7. The quantitative estimate of drug-likeness (QED) is 0.300. The van der Waals surface area contributed by atoms with E-state index in [-0.39, 0.29) is 6.42 Å². The molecule has 7 N–H and O–H groups in total. The maximum absolute atomic E-state index is 12.1. The number of aliphatic carboxylic acids is 1. The minimum atomic E-state index is -1.04. The molecule has 0 amide bonds. The predicted octanol–water partition coefficient (Wildman–Crippen LogP) is 2.80. The predicted molar refractivity (Wildman–Crippen MR) is 136 cm³/mol. The van der Waals surface area contributed by atoms with E-state index >= 15 is 0 Å². The smallest absolute Gasteiger partial charge is 0.323 e. The Balaban J connectivity index is 0.000000625. The van der Waals surface area contributed by atoms with Crippen LogP contribution in [0.4, 0.5) is 0 Å². The van der Waals surface area contributed by atoms with E-state index in [4.69, 9.17) is 33.7 Å². The number of carbonyl (C=O) groups excluding carboxylic acids is 1. The molecule has 0 fully saturated rings. The van der Waals surface area contributed by atoms with Crippen LogP contribution in [-0.4, -0.2) is 40.7 Å². The van der Waals surface area contributed by atoms with Gasteiger partial charge in [0, 0.05) is 15.6 Å². The molecule has 2 aromatic carbocycles. The highest BCUT2D eigenvalue weighted by Gasteiger charge is 2.27. The molecule has 3 rings (SSSR count). The van der Waals surface area contributed by atoms with Crippen molar-refractivity contribution in [1.29, 1.82) is 0 Å². The minimum Gasteiger partial charge on any atom is -0.480 e. The molecule has 10 nitrogen and oxygen atoms in total. The number of nitrogens with two attached hydrogens (primary N) is 1. The van der Waals surface area contributed by atoms with E-state index in [1.165, 1.54) is 0 Å². The van der Waals surface area contributed by atoms with Crippen molar-refractivity contribution < 1.29 is 19.4 Å². The second kappa shape index (κ2) is 12.6. The van der Waals surface area contributed by atoms with Crippen LogP contribution in [0.5, 0.6) is 0 Å². The first-order valence-corrected chi connectivity index (χ1v) is 11.5. The van der Waals surface area contributed by atoms with Crippen LogP contribution in [0.3, 0.4) is 0 Å². The Kier molecular flexibility index (Phi) is 10.1. The number of hydrogen-bond donors (Lipinski definition) is 6. The number of nitrogens with zero attached hydrogens (tertiary/aromatic N) is 1.